The maximum atomic E-state index is 11.3. The lowest BCUT2D eigenvalue weighted by molar-refractivity contribution is -0.146. The Balaban J connectivity index is 2.36. The van der Waals surface area contributed by atoms with Crippen LogP contribution in [-0.4, -0.2) is 19.6 Å². The van der Waals surface area contributed by atoms with E-state index < -0.39 is 0 Å². The fraction of sp³-hybridized carbons (Fsp3) is 0.909. The Bertz CT molecular complexity index is 172. The number of hydrogen-bond donors (Lipinski definition) is 1. The van der Waals surface area contributed by atoms with Crippen LogP contribution in [0, 0.1) is 11.8 Å². The van der Waals surface area contributed by atoms with Crippen LogP contribution in [0.2, 0.25) is 0 Å². The van der Waals surface area contributed by atoms with Crippen LogP contribution in [0.25, 0.3) is 0 Å². The van der Waals surface area contributed by atoms with Crippen molar-refractivity contribution < 1.29 is 9.53 Å². The third-order valence-electron chi connectivity index (χ3n) is 3.20. The summed E-state index contributed by atoms with van der Waals surface area (Å²) in [5, 5.41) is 0. The van der Waals surface area contributed by atoms with E-state index in [1.54, 1.807) is 0 Å². The average molecular weight is 199 g/mol. The van der Waals surface area contributed by atoms with E-state index in [1.165, 1.54) is 20.0 Å². The minimum atomic E-state index is -0.0313. The van der Waals surface area contributed by atoms with Crippen LogP contribution in [0.15, 0.2) is 0 Å². The predicted octanol–water partition coefficient (Wildman–Crippen LogP) is 1.70. The zero-order valence-electron chi connectivity index (χ0n) is 9.00. The predicted molar refractivity (Wildman–Crippen MR) is 55.8 cm³/mol. The van der Waals surface area contributed by atoms with Gasteiger partial charge in [-0.25, -0.2) is 0 Å². The maximum Gasteiger partial charge on any atom is 0.308 e. The van der Waals surface area contributed by atoms with Crippen molar-refractivity contribution in [2.24, 2.45) is 17.6 Å². The Morgan fingerprint density at radius 3 is 2.29 bits per heavy atom. The molecule has 0 heterocycles. The largest absolute Gasteiger partial charge is 0.469 e. The van der Waals surface area contributed by atoms with Gasteiger partial charge in [0, 0.05) is 0 Å². The highest BCUT2D eigenvalue weighted by molar-refractivity contribution is 5.72. The Kier molecular flexibility index (Phi) is 4.94. The Hall–Kier alpha value is -0.570. The number of carbonyl (C=O) groups excluding carboxylic acids is 1. The molecule has 1 saturated carbocycles. The van der Waals surface area contributed by atoms with Crippen molar-refractivity contribution in [1.29, 1.82) is 0 Å². The van der Waals surface area contributed by atoms with Gasteiger partial charge >= 0.3 is 5.97 Å². The van der Waals surface area contributed by atoms with Crippen molar-refractivity contribution in [1.82, 2.24) is 0 Å². The summed E-state index contributed by atoms with van der Waals surface area (Å²) in [7, 11) is 1.48. The molecule has 1 aliphatic carbocycles. The van der Waals surface area contributed by atoms with Crippen LogP contribution < -0.4 is 5.73 Å². The molecule has 1 fully saturated rings. The van der Waals surface area contributed by atoms with Crippen LogP contribution in [-0.2, 0) is 9.53 Å². The summed E-state index contributed by atoms with van der Waals surface area (Å²) in [6, 6.07) is 0. The van der Waals surface area contributed by atoms with Gasteiger partial charge in [0.05, 0.1) is 13.0 Å². The molecule has 0 unspecified atom stereocenters. The second-order valence-corrected chi connectivity index (χ2v) is 4.18. The van der Waals surface area contributed by atoms with Gasteiger partial charge in [0.2, 0.25) is 0 Å². The van der Waals surface area contributed by atoms with Crippen LogP contribution in [0.3, 0.4) is 0 Å². The van der Waals surface area contributed by atoms with Gasteiger partial charge in [0.25, 0.3) is 0 Å². The summed E-state index contributed by atoms with van der Waals surface area (Å²) >= 11 is 0. The van der Waals surface area contributed by atoms with Gasteiger partial charge < -0.3 is 10.5 Å². The monoisotopic (exact) mass is 199 g/mol. The molecule has 0 aromatic heterocycles. The molecule has 3 nitrogen and oxygen atoms in total. The molecule has 0 radical (unpaired) electrons. The number of methoxy groups -OCH3 is 1. The summed E-state index contributed by atoms with van der Waals surface area (Å²) in [6.07, 6.45) is 6.52. The SMILES string of the molecule is COC(=O)C1CCCC(CN)CCC1. The number of ether oxygens (including phenoxy) is 1. The third kappa shape index (κ3) is 3.29. The molecule has 3 heteroatoms. The Labute approximate surface area is 86.0 Å². The zero-order valence-corrected chi connectivity index (χ0v) is 9.00. The van der Waals surface area contributed by atoms with Crippen molar-refractivity contribution in [2.45, 2.75) is 38.5 Å². The molecule has 0 saturated heterocycles. The van der Waals surface area contributed by atoms with E-state index in [4.69, 9.17) is 10.5 Å². The highest BCUT2D eigenvalue weighted by Crippen LogP contribution is 2.26. The number of rotatable bonds is 2. The molecule has 0 amide bonds. The molecule has 0 aliphatic heterocycles. The molecular formula is C11H21NO2. The summed E-state index contributed by atoms with van der Waals surface area (Å²) in [4.78, 5) is 11.3. The van der Waals surface area contributed by atoms with Crippen LogP contribution in [0.5, 0.6) is 0 Å². The number of carbonyl (C=O) groups is 1. The van der Waals surface area contributed by atoms with Crippen LogP contribution in [0.4, 0.5) is 0 Å². The Morgan fingerprint density at radius 1 is 1.29 bits per heavy atom. The number of nitrogens with two attached hydrogens (primary N) is 1. The van der Waals surface area contributed by atoms with Crippen molar-refractivity contribution in [3.63, 3.8) is 0 Å². The molecule has 1 rings (SSSR count). The number of hydrogen-bond acceptors (Lipinski definition) is 3. The zero-order chi connectivity index (χ0) is 10.4. The van der Waals surface area contributed by atoms with Gasteiger partial charge in [-0.3, -0.25) is 4.79 Å². The lowest BCUT2D eigenvalue weighted by Gasteiger charge is -2.22. The van der Waals surface area contributed by atoms with E-state index in [9.17, 15) is 4.79 Å². The van der Waals surface area contributed by atoms with E-state index in [0.29, 0.717) is 5.92 Å². The fourth-order valence-electron chi connectivity index (χ4n) is 2.23. The number of esters is 1. The summed E-state index contributed by atoms with van der Waals surface area (Å²) in [6.45, 7) is 0.795. The molecule has 82 valence electrons. The second-order valence-electron chi connectivity index (χ2n) is 4.18. The standard InChI is InChI=1S/C11H21NO2/c1-14-11(13)10-6-2-4-9(8-12)5-3-7-10/h9-10H,2-8,12H2,1H3. The molecule has 1 aliphatic rings. The van der Waals surface area contributed by atoms with Crippen molar-refractivity contribution in [3.05, 3.63) is 0 Å². The van der Waals surface area contributed by atoms with E-state index in [2.05, 4.69) is 0 Å². The molecule has 0 bridgehead atoms. The van der Waals surface area contributed by atoms with Crippen molar-refractivity contribution in [3.8, 4) is 0 Å². The Morgan fingerprint density at radius 2 is 1.86 bits per heavy atom. The van der Waals surface area contributed by atoms with Crippen molar-refractivity contribution in [2.75, 3.05) is 13.7 Å². The molecule has 0 spiro atoms. The lowest BCUT2D eigenvalue weighted by Crippen LogP contribution is -2.21. The minimum absolute atomic E-state index is 0.0313. The van der Waals surface area contributed by atoms with Crippen LogP contribution >= 0.6 is 0 Å². The third-order valence-corrected chi connectivity index (χ3v) is 3.20. The first-order valence-corrected chi connectivity index (χ1v) is 5.55. The van der Waals surface area contributed by atoms with Gasteiger partial charge in [0.1, 0.15) is 0 Å². The normalized spacial score (nSPS) is 29.0. The molecule has 0 atom stereocenters. The first-order valence-electron chi connectivity index (χ1n) is 5.55. The molecule has 2 N–H and O–H groups in total. The van der Waals surface area contributed by atoms with Gasteiger partial charge in [0.15, 0.2) is 0 Å². The summed E-state index contributed by atoms with van der Waals surface area (Å²) < 4.78 is 4.78. The van der Waals surface area contributed by atoms with E-state index in [0.717, 1.165) is 32.2 Å². The van der Waals surface area contributed by atoms with Gasteiger partial charge in [-0.05, 0) is 38.1 Å². The van der Waals surface area contributed by atoms with Crippen LogP contribution in [0.1, 0.15) is 38.5 Å². The summed E-state index contributed by atoms with van der Waals surface area (Å²) in [5.41, 5.74) is 5.65. The maximum absolute atomic E-state index is 11.3. The molecule has 0 aromatic rings. The first-order chi connectivity index (χ1) is 6.77. The van der Waals surface area contributed by atoms with E-state index >= 15 is 0 Å². The van der Waals surface area contributed by atoms with Gasteiger partial charge in [-0.2, -0.15) is 0 Å². The quantitative estimate of drug-likeness (QED) is 0.689. The minimum Gasteiger partial charge on any atom is -0.469 e. The summed E-state index contributed by atoms with van der Waals surface area (Å²) in [5.74, 6) is 0.781. The highest BCUT2D eigenvalue weighted by atomic mass is 16.5. The highest BCUT2D eigenvalue weighted by Gasteiger charge is 2.21. The van der Waals surface area contributed by atoms with Gasteiger partial charge in [-0.1, -0.05) is 12.8 Å². The van der Waals surface area contributed by atoms with E-state index in [1.807, 2.05) is 0 Å². The molecular weight excluding hydrogens is 178 g/mol. The lowest BCUT2D eigenvalue weighted by atomic mass is 9.86. The first kappa shape index (κ1) is 11.5. The van der Waals surface area contributed by atoms with Gasteiger partial charge in [-0.15, -0.1) is 0 Å². The topological polar surface area (TPSA) is 52.3 Å². The molecule has 0 aromatic carbocycles. The average Bonchev–Trinajstić information content (AvgIpc) is 2.17. The second kappa shape index (κ2) is 6.02. The molecule has 14 heavy (non-hydrogen) atoms. The van der Waals surface area contributed by atoms with Crippen molar-refractivity contribution >= 4 is 5.97 Å². The smallest absolute Gasteiger partial charge is 0.308 e. The fourth-order valence-corrected chi connectivity index (χ4v) is 2.23. The van der Waals surface area contributed by atoms with E-state index in [-0.39, 0.29) is 11.9 Å².